The highest BCUT2D eigenvalue weighted by Crippen LogP contribution is 2.30. The van der Waals surface area contributed by atoms with Crippen molar-refractivity contribution in [3.63, 3.8) is 0 Å². The van der Waals surface area contributed by atoms with Gasteiger partial charge >= 0.3 is 0 Å². The summed E-state index contributed by atoms with van der Waals surface area (Å²) in [6.07, 6.45) is 3.49. The Labute approximate surface area is 186 Å². The van der Waals surface area contributed by atoms with E-state index in [1.54, 1.807) is 10.8 Å². The SMILES string of the molecule is Cc1cccc(-c2[nH]c(CNc3cccc(N(C)C)c3)nc2-c2ccc3ncnn3c2)n1. The van der Waals surface area contributed by atoms with Gasteiger partial charge in [-0.3, -0.25) is 4.98 Å². The van der Waals surface area contributed by atoms with Gasteiger partial charge in [-0.25, -0.2) is 14.5 Å². The average Bonchev–Trinajstić information content (AvgIpc) is 3.44. The Kier molecular flexibility index (Phi) is 5.03. The monoisotopic (exact) mass is 424 g/mol. The highest BCUT2D eigenvalue weighted by molar-refractivity contribution is 5.77. The van der Waals surface area contributed by atoms with Crippen molar-refractivity contribution in [1.82, 2.24) is 29.5 Å². The first-order valence-electron chi connectivity index (χ1n) is 10.4. The summed E-state index contributed by atoms with van der Waals surface area (Å²) < 4.78 is 1.75. The van der Waals surface area contributed by atoms with E-state index < -0.39 is 0 Å². The number of imidazole rings is 1. The summed E-state index contributed by atoms with van der Waals surface area (Å²) in [6, 6.07) is 18.2. The van der Waals surface area contributed by atoms with Crippen molar-refractivity contribution in [1.29, 1.82) is 0 Å². The summed E-state index contributed by atoms with van der Waals surface area (Å²) in [5, 5.41) is 7.73. The molecule has 8 nitrogen and oxygen atoms in total. The van der Waals surface area contributed by atoms with E-state index in [2.05, 4.69) is 43.5 Å². The van der Waals surface area contributed by atoms with Crippen molar-refractivity contribution in [2.24, 2.45) is 0 Å². The second-order valence-electron chi connectivity index (χ2n) is 7.85. The van der Waals surface area contributed by atoms with Crippen LogP contribution in [0.25, 0.3) is 28.3 Å². The van der Waals surface area contributed by atoms with E-state index >= 15 is 0 Å². The molecule has 32 heavy (non-hydrogen) atoms. The Morgan fingerprint density at radius 2 is 1.91 bits per heavy atom. The van der Waals surface area contributed by atoms with Gasteiger partial charge in [0, 0.05) is 42.9 Å². The molecule has 0 aliphatic rings. The molecule has 4 heterocycles. The molecule has 0 saturated carbocycles. The van der Waals surface area contributed by atoms with Crippen LogP contribution in [-0.2, 0) is 6.54 Å². The zero-order valence-electron chi connectivity index (χ0n) is 18.2. The number of benzene rings is 1. The van der Waals surface area contributed by atoms with E-state index in [4.69, 9.17) is 9.97 Å². The Balaban J connectivity index is 1.51. The molecule has 1 aromatic carbocycles. The summed E-state index contributed by atoms with van der Waals surface area (Å²) in [6.45, 7) is 2.54. The van der Waals surface area contributed by atoms with Gasteiger partial charge in [-0.2, -0.15) is 5.10 Å². The van der Waals surface area contributed by atoms with Crippen molar-refractivity contribution >= 4 is 17.0 Å². The fraction of sp³-hybridized carbons (Fsp3) is 0.167. The van der Waals surface area contributed by atoms with Gasteiger partial charge < -0.3 is 15.2 Å². The highest BCUT2D eigenvalue weighted by Gasteiger charge is 2.16. The number of H-pyrrole nitrogens is 1. The van der Waals surface area contributed by atoms with E-state index in [1.807, 2.05) is 63.6 Å². The minimum atomic E-state index is 0.557. The molecule has 0 atom stereocenters. The van der Waals surface area contributed by atoms with Crippen molar-refractivity contribution in [3.8, 4) is 22.6 Å². The number of rotatable bonds is 6. The maximum absolute atomic E-state index is 4.92. The molecule has 2 N–H and O–H groups in total. The lowest BCUT2D eigenvalue weighted by Gasteiger charge is -2.14. The highest BCUT2D eigenvalue weighted by atomic mass is 15.3. The molecule has 8 heteroatoms. The topological polar surface area (TPSA) is 87.0 Å². The summed E-state index contributed by atoms with van der Waals surface area (Å²) >= 11 is 0. The van der Waals surface area contributed by atoms with Crippen LogP contribution in [0.4, 0.5) is 11.4 Å². The van der Waals surface area contributed by atoms with Gasteiger partial charge in [-0.15, -0.1) is 0 Å². The molecular weight excluding hydrogens is 400 g/mol. The van der Waals surface area contributed by atoms with Crippen LogP contribution in [0.1, 0.15) is 11.5 Å². The standard InChI is InChI=1S/C24H24N8/c1-16-6-4-9-20(28-16)24-23(17-10-11-22-26-15-27-32(22)14-17)29-21(30-24)13-25-18-7-5-8-19(12-18)31(2)3/h4-12,14-15,25H,13H2,1-3H3,(H,29,30). The third kappa shape index (κ3) is 3.90. The molecule has 0 aliphatic carbocycles. The van der Waals surface area contributed by atoms with Crippen LogP contribution in [0.15, 0.2) is 67.1 Å². The Morgan fingerprint density at radius 3 is 2.75 bits per heavy atom. The van der Waals surface area contributed by atoms with Crippen molar-refractivity contribution < 1.29 is 0 Å². The van der Waals surface area contributed by atoms with Crippen LogP contribution in [0, 0.1) is 6.92 Å². The largest absolute Gasteiger partial charge is 0.378 e. The Hall–Kier alpha value is -4.20. The van der Waals surface area contributed by atoms with Gasteiger partial charge in [0.15, 0.2) is 5.65 Å². The number of aromatic nitrogens is 6. The fourth-order valence-corrected chi connectivity index (χ4v) is 3.62. The zero-order valence-corrected chi connectivity index (χ0v) is 18.2. The first-order chi connectivity index (χ1) is 15.6. The van der Waals surface area contributed by atoms with Crippen LogP contribution in [0.5, 0.6) is 0 Å². The molecule has 0 unspecified atom stereocenters. The molecule has 0 spiro atoms. The molecule has 0 bridgehead atoms. The molecule has 5 rings (SSSR count). The number of pyridine rings is 2. The molecule has 4 aromatic heterocycles. The molecule has 0 fully saturated rings. The fourth-order valence-electron chi connectivity index (χ4n) is 3.62. The number of hydrogen-bond donors (Lipinski definition) is 2. The van der Waals surface area contributed by atoms with Crippen LogP contribution >= 0.6 is 0 Å². The zero-order chi connectivity index (χ0) is 22.1. The van der Waals surface area contributed by atoms with E-state index in [9.17, 15) is 0 Å². The molecule has 5 aromatic rings. The summed E-state index contributed by atoms with van der Waals surface area (Å²) in [5.74, 6) is 0.826. The lowest BCUT2D eigenvalue weighted by molar-refractivity contribution is 0.960. The van der Waals surface area contributed by atoms with Crippen molar-refractivity contribution in [3.05, 3.63) is 78.6 Å². The first-order valence-corrected chi connectivity index (χ1v) is 10.4. The molecule has 0 amide bonds. The van der Waals surface area contributed by atoms with E-state index in [-0.39, 0.29) is 0 Å². The summed E-state index contributed by atoms with van der Waals surface area (Å²) in [5.41, 5.74) is 7.43. The van der Waals surface area contributed by atoms with Gasteiger partial charge in [-0.1, -0.05) is 12.1 Å². The third-order valence-electron chi connectivity index (χ3n) is 5.27. The van der Waals surface area contributed by atoms with Crippen LogP contribution in [0.3, 0.4) is 0 Å². The number of anilines is 2. The second-order valence-corrected chi connectivity index (χ2v) is 7.85. The Morgan fingerprint density at radius 1 is 1.03 bits per heavy atom. The first kappa shape index (κ1) is 19.7. The van der Waals surface area contributed by atoms with Gasteiger partial charge in [0.2, 0.25) is 0 Å². The van der Waals surface area contributed by atoms with Gasteiger partial charge in [-0.05, 0) is 49.4 Å². The Bertz CT molecular complexity index is 1380. The minimum Gasteiger partial charge on any atom is -0.378 e. The number of aryl methyl sites for hydroxylation is 1. The van der Waals surface area contributed by atoms with Crippen molar-refractivity contribution in [2.45, 2.75) is 13.5 Å². The lowest BCUT2D eigenvalue weighted by atomic mass is 10.1. The molecule has 160 valence electrons. The normalized spacial score (nSPS) is 11.1. The van der Waals surface area contributed by atoms with Gasteiger partial charge in [0.05, 0.1) is 23.6 Å². The minimum absolute atomic E-state index is 0.557. The molecular formula is C24H24N8. The number of nitrogens with one attached hydrogen (secondary N) is 2. The van der Waals surface area contributed by atoms with E-state index in [0.717, 1.165) is 51.2 Å². The van der Waals surface area contributed by atoms with Crippen LogP contribution < -0.4 is 10.2 Å². The lowest BCUT2D eigenvalue weighted by Crippen LogP contribution is -2.09. The number of hydrogen-bond acceptors (Lipinski definition) is 6. The summed E-state index contributed by atoms with van der Waals surface area (Å²) in [4.78, 5) is 19.4. The predicted molar refractivity (Wildman–Crippen MR) is 127 cm³/mol. The van der Waals surface area contributed by atoms with E-state index in [1.165, 1.54) is 0 Å². The van der Waals surface area contributed by atoms with E-state index in [0.29, 0.717) is 6.54 Å². The smallest absolute Gasteiger partial charge is 0.155 e. The third-order valence-corrected chi connectivity index (χ3v) is 5.27. The van der Waals surface area contributed by atoms with Gasteiger partial charge in [0.25, 0.3) is 0 Å². The summed E-state index contributed by atoms with van der Waals surface area (Å²) in [7, 11) is 4.07. The average molecular weight is 425 g/mol. The predicted octanol–water partition coefficient (Wildman–Crippen LogP) is 4.17. The molecule has 0 aliphatic heterocycles. The maximum atomic E-state index is 4.92. The number of fused-ring (bicyclic) bond motifs is 1. The van der Waals surface area contributed by atoms with Crippen molar-refractivity contribution in [2.75, 3.05) is 24.3 Å². The van der Waals surface area contributed by atoms with Gasteiger partial charge in [0.1, 0.15) is 12.2 Å². The second kappa shape index (κ2) is 8.14. The molecule has 0 radical (unpaired) electrons. The van der Waals surface area contributed by atoms with Crippen LogP contribution in [-0.4, -0.2) is 43.6 Å². The number of aromatic amines is 1. The number of nitrogens with zero attached hydrogens (tertiary/aromatic N) is 6. The maximum Gasteiger partial charge on any atom is 0.155 e. The molecule has 0 saturated heterocycles. The quantitative estimate of drug-likeness (QED) is 0.425. The van der Waals surface area contributed by atoms with Crippen LogP contribution in [0.2, 0.25) is 0 Å².